The average molecular weight is 200 g/mol. The molecule has 0 aliphatic heterocycles. The fraction of sp³-hybridized carbons (Fsp3) is 1.00. The lowest BCUT2D eigenvalue weighted by Gasteiger charge is -2.27. The van der Waals surface area contributed by atoms with Gasteiger partial charge in [0.25, 0.3) is 0 Å². The predicted octanol–water partition coefficient (Wildman–Crippen LogP) is 4.00. The third kappa shape index (κ3) is 7.37. The molecule has 1 nitrogen and oxygen atoms in total. The van der Waals surface area contributed by atoms with Crippen molar-refractivity contribution in [3.63, 3.8) is 0 Å². The van der Waals surface area contributed by atoms with Crippen molar-refractivity contribution >= 4 is 0 Å². The quantitative estimate of drug-likeness (QED) is 0.587. The third-order valence-electron chi connectivity index (χ3n) is 2.93. The largest absolute Gasteiger partial charge is 0.396 e. The molecule has 0 fully saturated rings. The van der Waals surface area contributed by atoms with Crippen molar-refractivity contribution in [2.75, 3.05) is 6.61 Å². The lowest BCUT2D eigenvalue weighted by Crippen LogP contribution is -2.15. The van der Waals surface area contributed by atoms with Crippen molar-refractivity contribution < 1.29 is 5.11 Å². The number of unbranched alkanes of at least 4 members (excludes halogenated alkanes) is 1. The van der Waals surface area contributed by atoms with E-state index in [2.05, 4.69) is 27.7 Å². The summed E-state index contributed by atoms with van der Waals surface area (Å²) in [6.45, 7) is 9.70. The van der Waals surface area contributed by atoms with Crippen LogP contribution in [0.4, 0.5) is 0 Å². The molecule has 0 aromatic rings. The van der Waals surface area contributed by atoms with Crippen LogP contribution in [-0.4, -0.2) is 11.7 Å². The fourth-order valence-electron chi connectivity index (χ4n) is 2.43. The highest BCUT2D eigenvalue weighted by Gasteiger charge is 2.19. The molecule has 1 N–H and O–H groups in total. The highest BCUT2D eigenvalue weighted by atomic mass is 16.2. The van der Waals surface area contributed by atoms with Crippen LogP contribution in [0.5, 0.6) is 0 Å². The molecular weight excluding hydrogens is 172 g/mol. The lowest BCUT2D eigenvalue weighted by atomic mass is 9.78. The first-order chi connectivity index (χ1) is 6.52. The Balaban J connectivity index is 3.63. The summed E-state index contributed by atoms with van der Waals surface area (Å²) in [5.41, 5.74) is 0.507. The highest BCUT2D eigenvalue weighted by molar-refractivity contribution is 4.71. The first-order valence-electron chi connectivity index (χ1n) is 6.12. The minimum absolute atomic E-state index is 0.352. The van der Waals surface area contributed by atoms with Crippen molar-refractivity contribution in [3.8, 4) is 0 Å². The Morgan fingerprint density at radius 2 is 1.86 bits per heavy atom. The van der Waals surface area contributed by atoms with E-state index in [-0.39, 0.29) is 0 Å². The average Bonchev–Trinajstić information content (AvgIpc) is 2.03. The zero-order chi connectivity index (χ0) is 11.0. The molecule has 0 saturated heterocycles. The van der Waals surface area contributed by atoms with E-state index >= 15 is 0 Å². The molecular formula is C13H28O. The Kier molecular flexibility index (Phi) is 7.26. The van der Waals surface area contributed by atoms with Gasteiger partial charge in [0.05, 0.1) is 0 Å². The van der Waals surface area contributed by atoms with E-state index in [4.69, 9.17) is 5.11 Å². The van der Waals surface area contributed by atoms with E-state index in [1.54, 1.807) is 0 Å². The molecule has 1 unspecified atom stereocenters. The molecule has 0 aliphatic carbocycles. The van der Waals surface area contributed by atoms with Crippen LogP contribution < -0.4 is 0 Å². The molecule has 0 radical (unpaired) electrons. The number of hydrogen-bond donors (Lipinski definition) is 1. The summed E-state index contributed by atoms with van der Waals surface area (Å²) in [5.74, 6) is 0.808. The lowest BCUT2D eigenvalue weighted by molar-refractivity contribution is 0.236. The maximum absolute atomic E-state index is 8.70. The van der Waals surface area contributed by atoms with Gasteiger partial charge in [-0.2, -0.15) is 0 Å². The minimum Gasteiger partial charge on any atom is -0.396 e. The van der Waals surface area contributed by atoms with Gasteiger partial charge in [0, 0.05) is 6.61 Å². The predicted molar refractivity (Wildman–Crippen MR) is 63.4 cm³/mol. The molecule has 0 aliphatic rings. The molecule has 1 heteroatoms. The SMILES string of the molecule is CCCC(C)(C)CC(C)CCCCO. The van der Waals surface area contributed by atoms with Crippen molar-refractivity contribution in [2.24, 2.45) is 11.3 Å². The Morgan fingerprint density at radius 1 is 1.21 bits per heavy atom. The van der Waals surface area contributed by atoms with Crippen molar-refractivity contribution in [1.29, 1.82) is 0 Å². The monoisotopic (exact) mass is 200 g/mol. The van der Waals surface area contributed by atoms with E-state index in [0.29, 0.717) is 12.0 Å². The highest BCUT2D eigenvalue weighted by Crippen LogP contribution is 2.32. The summed E-state index contributed by atoms with van der Waals surface area (Å²) in [6, 6.07) is 0. The fourth-order valence-corrected chi connectivity index (χ4v) is 2.43. The molecule has 14 heavy (non-hydrogen) atoms. The van der Waals surface area contributed by atoms with Crippen LogP contribution in [0.3, 0.4) is 0 Å². The first-order valence-corrected chi connectivity index (χ1v) is 6.12. The second-order valence-corrected chi connectivity index (χ2v) is 5.44. The minimum atomic E-state index is 0.352. The maximum atomic E-state index is 8.70. The van der Waals surface area contributed by atoms with Crippen LogP contribution in [-0.2, 0) is 0 Å². The zero-order valence-electron chi connectivity index (χ0n) is 10.5. The Hall–Kier alpha value is -0.0400. The van der Waals surface area contributed by atoms with Gasteiger partial charge in [0.1, 0.15) is 0 Å². The van der Waals surface area contributed by atoms with E-state index in [1.807, 2.05) is 0 Å². The number of hydrogen-bond acceptors (Lipinski definition) is 1. The van der Waals surface area contributed by atoms with Gasteiger partial charge in [-0.3, -0.25) is 0 Å². The Labute approximate surface area is 89.9 Å². The summed E-state index contributed by atoms with van der Waals surface area (Å²) in [5, 5.41) is 8.70. The van der Waals surface area contributed by atoms with Crippen LogP contribution in [0.2, 0.25) is 0 Å². The van der Waals surface area contributed by atoms with Gasteiger partial charge in [0.15, 0.2) is 0 Å². The number of rotatable bonds is 8. The Morgan fingerprint density at radius 3 is 2.36 bits per heavy atom. The van der Waals surface area contributed by atoms with E-state index in [1.165, 1.54) is 32.1 Å². The second kappa shape index (κ2) is 7.28. The standard InChI is InChI=1S/C13H28O/c1-5-9-13(3,4)11-12(2)8-6-7-10-14/h12,14H,5-11H2,1-4H3. The van der Waals surface area contributed by atoms with Gasteiger partial charge in [-0.05, 0) is 30.6 Å². The normalized spacial score (nSPS) is 14.4. The van der Waals surface area contributed by atoms with Crippen molar-refractivity contribution in [2.45, 2.75) is 66.2 Å². The van der Waals surface area contributed by atoms with Crippen LogP contribution >= 0.6 is 0 Å². The Bertz CT molecular complexity index is 129. The van der Waals surface area contributed by atoms with Gasteiger partial charge in [-0.1, -0.05) is 47.0 Å². The number of aliphatic hydroxyl groups is 1. The van der Waals surface area contributed by atoms with Gasteiger partial charge in [-0.25, -0.2) is 0 Å². The van der Waals surface area contributed by atoms with E-state index < -0.39 is 0 Å². The molecule has 0 aromatic carbocycles. The molecule has 0 rings (SSSR count). The molecule has 1 atom stereocenters. The zero-order valence-corrected chi connectivity index (χ0v) is 10.5. The molecule has 0 spiro atoms. The van der Waals surface area contributed by atoms with Crippen LogP contribution in [0.25, 0.3) is 0 Å². The van der Waals surface area contributed by atoms with Crippen molar-refractivity contribution in [1.82, 2.24) is 0 Å². The number of aliphatic hydroxyl groups excluding tert-OH is 1. The van der Waals surface area contributed by atoms with Crippen molar-refractivity contribution in [3.05, 3.63) is 0 Å². The smallest absolute Gasteiger partial charge is 0.0431 e. The molecule has 0 amide bonds. The summed E-state index contributed by atoms with van der Waals surface area (Å²) < 4.78 is 0. The van der Waals surface area contributed by atoms with Gasteiger partial charge < -0.3 is 5.11 Å². The maximum Gasteiger partial charge on any atom is 0.0431 e. The van der Waals surface area contributed by atoms with Crippen LogP contribution in [0.15, 0.2) is 0 Å². The van der Waals surface area contributed by atoms with Crippen LogP contribution in [0, 0.1) is 11.3 Å². The first kappa shape index (κ1) is 14.0. The summed E-state index contributed by atoms with van der Waals surface area (Å²) >= 11 is 0. The summed E-state index contributed by atoms with van der Waals surface area (Å²) in [6.07, 6.45) is 7.37. The van der Waals surface area contributed by atoms with Gasteiger partial charge in [0.2, 0.25) is 0 Å². The van der Waals surface area contributed by atoms with E-state index in [0.717, 1.165) is 12.3 Å². The summed E-state index contributed by atoms with van der Waals surface area (Å²) in [7, 11) is 0. The molecule has 0 aromatic heterocycles. The van der Waals surface area contributed by atoms with Crippen LogP contribution in [0.1, 0.15) is 66.2 Å². The molecule has 0 bridgehead atoms. The van der Waals surface area contributed by atoms with Gasteiger partial charge in [-0.15, -0.1) is 0 Å². The second-order valence-electron chi connectivity index (χ2n) is 5.44. The topological polar surface area (TPSA) is 20.2 Å². The molecule has 0 saturated carbocycles. The third-order valence-corrected chi connectivity index (χ3v) is 2.93. The summed E-state index contributed by atoms with van der Waals surface area (Å²) in [4.78, 5) is 0. The molecule has 86 valence electrons. The van der Waals surface area contributed by atoms with Gasteiger partial charge >= 0.3 is 0 Å². The van der Waals surface area contributed by atoms with E-state index in [9.17, 15) is 0 Å². The molecule has 0 heterocycles.